The first-order chi connectivity index (χ1) is 38.2. The third kappa shape index (κ3) is 57.9. The number of unbranched alkanes of at least 4 members (excludes halogenated alkanes) is 33. The molecule has 0 heterocycles. The van der Waals surface area contributed by atoms with Gasteiger partial charge in [-0.3, -0.25) is 23.4 Å². The Hall–Kier alpha value is -2.82. The van der Waals surface area contributed by atoms with Gasteiger partial charge in [0.15, 0.2) is 6.10 Å². The Morgan fingerprint density at radius 2 is 0.667 bits per heavy atom. The lowest BCUT2D eigenvalue weighted by Crippen LogP contribution is -2.30. The number of rotatable bonds is 60. The number of phosphoric ester groups is 1. The lowest BCUT2D eigenvalue weighted by molar-refractivity contribution is -0.161. The van der Waals surface area contributed by atoms with E-state index in [1.54, 1.807) is 0 Å². The SMILES string of the molecule is CC/C=C\C/C=C\C/C=C\C/C=C\CCCCCCC(=O)OC(COC(=O)CCCCCCCCCCC/C=C\CCCCCCCC)COP(=O)(O)OCC(CO)OC(=O)CCCCCCCCCCCCCCCCC. The summed E-state index contributed by atoms with van der Waals surface area (Å²) in [5, 5.41) is 9.85. The molecule has 0 aliphatic heterocycles. The van der Waals surface area contributed by atoms with E-state index in [4.69, 9.17) is 23.3 Å². The molecule has 0 spiro atoms. The van der Waals surface area contributed by atoms with Crippen molar-refractivity contribution in [2.75, 3.05) is 26.4 Å². The first kappa shape index (κ1) is 75.2. The quantitative estimate of drug-likeness (QED) is 0.0197. The molecule has 2 N–H and O–H groups in total. The number of aliphatic hydroxyl groups excluding tert-OH is 1. The minimum Gasteiger partial charge on any atom is -0.462 e. The number of hydrogen-bond donors (Lipinski definition) is 2. The summed E-state index contributed by atoms with van der Waals surface area (Å²) in [6.45, 7) is 4.55. The highest BCUT2D eigenvalue weighted by atomic mass is 31.2. The highest BCUT2D eigenvalue weighted by Crippen LogP contribution is 2.43. The van der Waals surface area contributed by atoms with Crippen LogP contribution in [0.4, 0.5) is 0 Å². The van der Waals surface area contributed by atoms with Crippen molar-refractivity contribution in [3.8, 4) is 0 Å². The maximum Gasteiger partial charge on any atom is 0.472 e. The Morgan fingerprint density at radius 1 is 0.372 bits per heavy atom. The predicted octanol–water partition coefficient (Wildman–Crippen LogP) is 19.5. The number of allylic oxidation sites excluding steroid dienone is 10. The Balaban J connectivity index is 4.71. The van der Waals surface area contributed by atoms with Gasteiger partial charge in [0, 0.05) is 19.3 Å². The fraction of sp³-hybridized carbons (Fsp3) is 0.803. The molecule has 3 atom stereocenters. The number of phosphoric acid groups is 1. The van der Waals surface area contributed by atoms with Gasteiger partial charge in [0.2, 0.25) is 0 Å². The number of carbonyl (C=O) groups excluding carboxylic acids is 3. The van der Waals surface area contributed by atoms with E-state index >= 15 is 0 Å². The van der Waals surface area contributed by atoms with Gasteiger partial charge in [-0.1, -0.05) is 261 Å². The molecule has 3 unspecified atom stereocenters. The Morgan fingerprint density at radius 3 is 1.04 bits per heavy atom. The third-order valence-electron chi connectivity index (χ3n) is 13.9. The molecule has 12 heteroatoms. The van der Waals surface area contributed by atoms with E-state index in [0.29, 0.717) is 19.3 Å². The predicted molar refractivity (Wildman–Crippen MR) is 325 cm³/mol. The highest BCUT2D eigenvalue weighted by Gasteiger charge is 2.28. The molecule has 0 bridgehead atoms. The number of aliphatic hydroxyl groups is 1. The molecule has 454 valence electrons. The highest BCUT2D eigenvalue weighted by molar-refractivity contribution is 7.47. The van der Waals surface area contributed by atoms with E-state index in [1.165, 1.54) is 154 Å². The molecule has 0 aliphatic carbocycles. The average molecular weight is 1120 g/mol. The second kappa shape index (κ2) is 60.3. The van der Waals surface area contributed by atoms with Crippen molar-refractivity contribution in [2.24, 2.45) is 0 Å². The molecule has 0 saturated heterocycles. The maximum absolute atomic E-state index is 12.9. The average Bonchev–Trinajstić information content (AvgIpc) is 3.43. The molecule has 0 aromatic heterocycles. The van der Waals surface area contributed by atoms with Crippen molar-refractivity contribution in [3.63, 3.8) is 0 Å². The summed E-state index contributed by atoms with van der Waals surface area (Å²) in [5.41, 5.74) is 0. The molecule has 0 saturated carbocycles. The second-order valence-corrected chi connectivity index (χ2v) is 23.0. The number of hydrogen-bond acceptors (Lipinski definition) is 10. The van der Waals surface area contributed by atoms with E-state index in [-0.39, 0.29) is 25.9 Å². The van der Waals surface area contributed by atoms with Gasteiger partial charge in [0.25, 0.3) is 0 Å². The first-order valence-electron chi connectivity index (χ1n) is 32.2. The smallest absolute Gasteiger partial charge is 0.462 e. The summed E-state index contributed by atoms with van der Waals surface area (Å²) >= 11 is 0. The normalized spacial score (nSPS) is 13.7. The van der Waals surface area contributed by atoms with Crippen molar-refractivity contribution in [3.05, 3.63) is 60.8 Å². The van der Waals surface area contributed by atoms with E-state index in [1.807, 2.05) is 0 Å². The zero-order valence-corrected chi connectivity index (χ0v) is 51.3. The van der Waals surface area contributed by atoms with Gasteiger partial charge >= 0.3 is 25.7 Å². The molecule has 11 nitrogen and oxygen atoms in total. The molecular formula is C66H119O11P. The molecule has 0 aliphatic rings. The summed E-state index contributed by atoms with van der Waals surface area (Å²) in [6, 6.07) is 0. The fourth-order valence-corrected chi connectivity index (χ4v) is 9.83. The molecule has 0 fully saturated rings. The van der Waals surface area contributed by atoms with Crippen LogP contribution >= 0.6 is 7.82 Å². The van der Waals surface area contributed by atoms with Gasteiger partial charge in [-0.05, 0) is 83.5 Å². The van der Waals surface area contributed by atoms with Crippen LogP contribution in [0.3, 0.4) is 0 Å². The topological polar surface area (TPSA) is 155 Å². The van der Waals surface area contributed by atoms with Crippen LogP contribution in [-0.2, 0) is 42.2 Å². The minimum absolute atomic E-state index is 0.140. The molecular weight excluding hydrogens is 1000 g/mol. The molecule has 0 aromatic carbocycles. The lowest BCUT2D eigenvalue weighted by Gasteiger charge is -2.21. The van der Waals surface area contributed by atoms with E-state index in [0.717, 1.165) is 89.9 Å². The minimum atomic E-state index is -4.76. The zero-order valence-electron chi connectivity index (χ0n) is 50.4. The summed E-state index contributed by atoms with van der Waals surface area (Å²) < 4.78 is 39.7. The van der Waals surface area contributed by atoms with Gasteiger partial charge in [0.1, 0.15) is 12.7 Å². The molecule has 0 rings (SSSR count). The van der Waals surface area contributed by atoms with Gasteiger partial charge in [-0.15, -0.1) is 0 Å². The molecule has 0 radical (unpaired) electrons. The van der Waals surface area contributed by atoms with Gasteiger partial charge in [-0.25, -0.2) is 4.57 Å². The number of ether oxygens (including phenoxy) is 3. The van der Waals surface area contributed by atoms with Crippen molar-refractivity contribution in [2.45, 2.75) is 315 Å². The summed E-state index contributed by atoms with van der Waals surface area (Å²) in [5.74, 6) is -1.48. The Labute approximate surface area is 478 Å². The maximum atomic E-state index is 12.9. The monoisotopic (exact) mass is 1120 g/mol. The van der Waals surface area contributed by atoms with Crippen LogP contribution in [0.5, 0.6) is 0 Å². The number of carbonyl (C=O) groups is 3. The molecule has 0 amide bonds. The van der Waals surface area contributed by atoms with Crippen LogP contribution in [0.15, 0.2) is 60.8 Å². The summed E-state index contributed by atoms with van der Waals surface area (Å²) in [6.07, 6.45) is 67.4. The van der Waals surface area contributed by atoms with Crippen molar-refractivity contribution < 1.29 is 52.2 Å². The zero-order chi connectivity index (χ0) is 56.9. The van der Waals surface area contributed by atoms with Crippen LogP contribution in [0.1, 0.15) is 303 Å². The third-order valence-corrected chi connectivity index (χ3v) is 14.9. The standard InChI is InChI=1S/C66H119O11P/c1-4-7-10-13-16-19-22-25-28-30-31-33-35-37-40-43-46-49-52-55-64(68)73-59-63(77-66(70)57-54-51-48-45-42-39-36-32-29-26-23-20-17-14-11-8-5-2)61-75-78(71,72)74-60-62(58-67)76-65(69)56-53-50-47-44-41-38-34-27-24-21-18-15-12-9-6-3/h8,11,17,20,25-26,28-29,36,39,62-63,67H,4-7,9-10,12-16,18-19,21-24,27,30-35,37-38,40-61H2,1-3H3,(H,71,72)/b11-8-,20-17-,28-25-,29-26-,39-36-. The van der Waals surface area contributed by atoms with Crippen LogP contribution in [0.25, 0.3) is 0 Å². The Kier molecular flexibility index (Phi) is 58.1. The number of esters is 3. The molecule has 78 heavy (non-hydrogen) atoms. The fourth-order valence-electron chi connectivity index (χ4n) is 9.05. The van der Waals surface area contributed by atoms with Crippen molar-refractivity contribution in [1.82, 2.24) is 0 Å². The van der Waals surface area contributed by atoms with E-state index in [2.05, 4.69) is 81.5 Å². The van der Waals surface area contributed by atoms with Gasteiger partial charge in [-0.2, -0.15) is 0 Å². The van der Waals surface area contributed by atoms with Gasteiger partial charge < -0.3 is 24.2 Å². The van der Waals surface area contributed by atoms with Crippen LogP contribution in [-0.4, -0.2) is 66.5 Å². The van der Waals surface area contributed by atoms with E-state index < -0.39 is 57.8 Å². The van der Waals surface area contributed by atoms with E-state index in [9.17, 15) is 28.9 Å². The summed E-state index contributed by atoms with van der Waals surface area (Å²) in [4.78, 5) is 48.7. The van der Waals surface area contributed by atoms with Crippen LogP contribution < -0.4 is 0 Å². The molecule has 0 aromatic rings. The van der Waals surface area contributed by atoms with Crippen LogP contribution in [0.2, 0.25) is 0 Å². The summed E-state index contributed by atoms with van der Waals surface area (Å²) in [7, 11) is -4.76. The largest absolute Gasteiger partial charge is 0.472 e. The van der Waals surface area contributed by atoms with Crippen LogP contribution in [0, 0.1) is 0 Å². The first-order valence-corrected chi connectivity index (χ1v) is 33.7. The Bertz CT molecular complexity index is 1540. The second-order valence-electron chi connectivity index (χ2n) is 21.6. The van der Waals surface area contributed by atoms with Crippen molar-refractivity contribution in [1.29, 1.82) is 0 Å². The van der Waals surface area contributed by atoms with Crippen molar-refractivity contribution >= 4 is 25.7 Å². The van der Waals surface area contributed by atoms with Gasteiger partial charge in [0.05, 0.1) is 19.8 Å². The lowest BCUT2D eigenvalue weighted by atomic mass is 10.0.